The maximum absolute atomic E-state index is 11.6. The van der Waals surface area contributed by atoms with E-state index in [1.807, 2.05) is 20.8 Å². The van der Waals surface area contributed by atoms with Gasteiger partial charge in [-0.05, 0) is 72.4 Å². The minimum absolute atomic E-state index is 0. The molecule has 1 amide bonds. The standard InChI is InChI=1S/C11H18N2O2.C9H16N2.C4H8O2.2ClH/c1-11(2,3)15-10(14)13-6-4-9(8-12)5-7-13;1-8(2)9(7-10)3-5-11-6-4-9;1-3-6-4(2)5;;/h9H,4-7H2,1-3H3;8,11H,3-6H2,1-2H3;3H2,1-2H3;2*1H. The highest BCUT2D eigenvalue weighted by Crippen LogP contribution is 2.35. The monoisotopic (exact) mass is 522 g/mol. The number of rotatable bonds is 2. The Hall–Kier alpha value is -1.74. The molecule has 34 heavy (non-hydrogen) atoms. The van der Waals surface area contributed by atoms with Crippen LogP contribution in [0.3, 0.4) is 0 Å². The summed E-state index contributed by atoms with van der Waals surface area (Å²) in [6.07, 6.45) is 3.28. The molecule has 10 heteroatoms. The van der Waals surface area contributed by atoms with Crippen molar-refractivity contribution in [2.75, 3.05) is 32.8 Å². The van der Waals surface area contributed by atoms with E-state index in [1.54, 1.807) is 11.8 Å². The van der Waals surface area contributed by atoms with Gasteiger partial charge in [-0.1, -0.05) is 13.8 Å². The van der Waals surface area contributed by atoms with Crippen molar-refractivity contribution >= 4 is 36.9 Å². The lowest BCUT2D eigenvalue weighted by Crippen LogP contribution is -2.41. The van der Waals surface area contributed by atoms with Crippen molar-refractivity contribution in [3.8, 4) is 12.1 Å². The SMILES string of the molecule is CC(C)(C)OC(=O)N1CCC(C#N)CC1.CC(C)C1(C#N)CCNCC1.CCOC(C)=O.Cl.Cl. The van der Waals surface area contributed by atoms with E-state index in [9.17, 15) is 9.59 Å². The average Bonchev–Trinajstić information content (AvgIpc) is 2.74. The van der Waals surface area contributed by atoms with Crippen molar-refractivity contribution in [3.63, 3.8) is 0 Å². The molecule has 0 radical (unpaired) electrons. The van der Waals surface area contributed by atoms with Gasteiger partial charge in [-0.25, -0.2) is 4.79 Å². The fourth-order valence-corrected chi connectivity index (χ4v) is 3.41. The highest BCUT2D eigenvalue weighted by molar-refractivity contribution is 5.85. The Morgan fingerprint density at radius 2 is 1.62 bits per heavy atom. The minimum Gasteiger partial charge on any atom is -0.466 e. The first-order valence-corrected chi connectivity index (χ1v) is 11.5. The summed E-state index contributed by atoms with van der Waals surface area (Å²) in [5.74, 6) is 0.385. The molecular formula is C24H44Cl2N4O4. The second-order valence-electron chi connectivity index (χ2n) is 9.47. The number of carbonyl (C=O) groups is 2. The number of ether oxygens (including phenoxy) is 2. The lowest BCUT2D eigenvalue weighted by Gasteiger charge is -2.34. The molecular weight excluding hydrogens is 479 g/mol. The zero-order chi connectivity index (χ0) is 24.8. The first-order chi connectivity index (χ1) is 14.9. The summed E-state index contributed by atoms with van der Waals surface area (Å²) >= 11 is 0. The highest BCUT2D eigenvalue weighted by atomic mass is 35.5. The van der Waals surface area contributed by atoms with E-state index in [-0.39, 0.29) is 48.2 Å². The second-order valence-corrected chi connectivity index (χ2v) is 9.47. The van der Waals surface area contributed by atoms with Gasteiger partial charge in [0.2, 0.25) is 0 Å². The van der Waals surface area contributed by atoms with Gasteiger partial charge in [0.1, 0.15) is 5.60 Å². The van der Waals surface area contributed by atoms with Crippen LogP contribution >= 0.6 is 24.8 Å². The number of nitriles is 2. The molecule has 8 nitrogen and oxygen atoms in total. The lowest BCUT2D eigenvalue weighted by atomic mass is 9.72. The summed E-state index contributed by atoms with van der Waals surface area (Å²) in [5, 5.41) is 21.0. The summed E-state index contributed by atoms with van der Waals surface area (Å²) < 4.78 is 9.65. The van der Waals surface area contributed by atoms with Crippen LogP contribution in [0, 0.1) is 39.9 Å². The van der Waals surface area contributed by atoms with Crippen molar-refractivity contribution in [2.24, 2.45) is 17.3 Å². The third-order valence-electron chi connectivity index (χ3n) is 5.50. The Morgan fingerprint density at radius 3 is 1.88 bits per heavy atom. The number of nitrogens with one attached hydrogen (secondary N) is 1. The molecule has 1 N–H and O–H groups in total. The maximum atomic E-state index is 11.6. The average molecular weight is 524 g/mol. The molecule has 0 aromatic heterocycles. The van der Waals surface area contributed by atoms with Crippen molar-refractivity contribution in [1.82, 2.24) is 10.2 Å². The van der Waals surface area contributed by atoms with E-state index < -0.39 is 5.60 Å². The zero-order valence-electron chi connectivity index (χ0n) is 21.8. The van der Waals surface area contributed by atoms with E-state index in [1.165, 1.54) is 6.92 Å². The molecule has 0 aromatic rings. The molecule has 2 rings (SSSR count). The van der Waals surface area contributed by atoms with E-state index in [0.717, 1.165) is 38.8 Å². The van der Waals surface area contributed by atoms with E-state index in [4.69, 9.17) is 15.3 Å². The normalized spacial score (nSPS) is 16.9. The Labute approximate surface area is 218 Å². The van der Waals surface area contributed by atoms with Crippen LogP contribution in [0.2, 0.25) is 0 Å². The van der Waals surface area contributed by atoms with Crippen molar-refractivity contribution in [2.45, 2.75) is 79.8 Å². The number of carbonyl (C=O) groups excluding carboxylic acids is 2. The van der Waals surface area contributed by atoms with Crippen LogP contribution in [-0.4, -0.2) is 55.3 Å². The van der Waals surface area contributed by atoms with Crippen LogP contribution in [0.4, 0.5) is 4.79 Å². The third-order valence-corrected chi connectivity index (χ3v) is 5.50. The molecule has 198 valence electrons. The van der Waals surface area contributed by atoms with Gasteiger partial charge >= 0.3 is 12.1 Å². The van der Waals surface area contributed by atoms with Gasteiger partial charge in [-0.2, -0.15) is 10.5 Å². The van der Waals surface area contributed by atoms with Crippen LogP contribution in [-0.2, 0) is 14.3 Å². The van der Waals surface area contributed by atoms with Crippen molar-refractivity contribution in [1.29, 1.82) is 10.5 Å². The zero-order valence-corrected chi connectivity index (χ0v) is 23.4. The quantitative estimate of drug-likeness (QED) is 0.500. The lowest BCUT2D eigenvalue weighted by molar-refractivity contribution is -0.140. The van der Waals surface area contributed by atoms with E-state index >= 15 is 0 Å². The maximum Gasteiger partial charge on any atom is 0.410 e. The molecule has 2 aliphatic rings. The largest absolute Gasteiger partial charge is 0.466 e. The van der Waals surface area contributed by atoms with Crippen LogP contribution < -0.4 is 5.32 Å². The Morgan fingerprint density at radius 1 is 1.12 bits per heavy atom. The first-order valence-electron chi connectivity index (χ1n) is 11.5. The first kappa shape index (κ1) is 36.8. The molecule has 0 aliphatic carbocycles. The van der Waals surface area contributed by atoms with Gasteiger partial charge in [-0.15, -0.1) is 24.8 Å². The summed E-state index contributed by atoms with van der Waals surface area (Å²) in [7, 11) is 0. The van der Waals surface area contributed by atoms with Crippen molar-refractivity contribution in [3.05, 3.63) is 0 Å². The minimum atomic E-state index is -0.441. The molecule has 2 saturated heterocycles. The predicted molar refractivity (Wildman–Crippen MR) is 138 cm³/mol. The Bertz CT molecular complexity index is 655. The number of piperidine rings is 2. The molecule has 0 atom stereocenters. The fraction of sp³-hybridized carbons (Fsp3) is 0.833. The number of likely N-dealkylation sites (tertiary alicyclic amines) is 1. The number of esters is 1. The van der Waals surface area contributed by atoms with Gasteiger partial charge in [0, 0.05) is 25.9 Å². The molecule has 0 aromatic carbocycles. The number of amides is 1. The summed E-state index contributed by atoms with van der Waals surface area (Å²) in [4.78, 5) is 23.1. The molecule has 2 aliphatic heterocycles. The molecule has 2 heterocycles. The summed E-state index contributed by atoms with van der Waals surface area (Å²) in [6, 6.07) is 4.71. The van der Waals surface area contributed by atoms with Crippen LogP contribution in [0.1, 0.15) is 74.1 Å². The Balaban J connectivity index is -0.000000448. The van der Waals surface area contributed by atoms with E-state index in [0.29, 0.717) is 25.6 Å². The van der Waals surface area contributed by atoms with Crippen molar-refractivity contribution < 1.29 is 19.1 Å². The van der Waals surface area contributed by atoms with Crippen LogP contribution in [0.15, 0.2) is 0 Å². The van der Waals surface area contributed by atoms with Gasteiger partial charge in [0.05, 0.1) is 24.2 Å². The third kappa shape index (κ3) is 15.2. The molecule has 2 fully saturated rings. The molecule has 0 unspecified atom stereocenters. The van der Waals surface area contributed by atoms with E-state index in [2.05, 4.69) is 36.0 Å². The smallest absolute Gasteiger partial charge is 0.410 e. The molecule has 0 saturated carbocycles. The highest BCUT2D eigenvalue weighted by Gasteiger charge is 2.34. The summed E-state index contributed by atoms with van der Waals surface area (Å²) in [6.45, 7) is 16.8. The Kier molecular flexibility index (Phi) is 20.1. The van der Waals surface area contributed by atoms with Gasteiger partial charge in [-0.3, -0.25) is 4.79 Å². The number of halogens is 2. The van der Waals surface area contributed by atoms with Crippen LogP contribution in [0.5, 0.6) is 0 Å². The topological polar surface area (TPSA) is 115 Å². The number of nitrogens with zero attached hydrogens (tertiary/aromatic N) is 3. The number of hydrogen-bond donors (Lipinski definition) is 1. The molecule has 0 spiro atoms. The fourth-order valence-electron chi connectivity index (χ4n) is 3.41. The van der Waals surface area contributed by atoms with Crippen LogP contribution in [0.25, 0.3) is 0 Å². The molecule has 0 bridgehead atoms. The number of hydrogen-bond acceptors (Lipinski definition) is 7. The van der Waals surface area contributed by atoms with Gasteiger partial charge < -0.3 is 19.7 Å². The van der Waals surface area contributed by atoms with Gasteiger partial charge in [0.15, 0.2) is 0 Å². The van der Waals surface area contributed by atoms with Gasteiger partial charge in [0.25, 0.3) is 0 Å². The summed E-state index contributed by atoms with van der Waals surface area (Å²) in [5.41, 5.74) is -0.478. The predicted octanol–water partition coefficient (Wildman–Crippen LogP) is 5.11. The second kappa shape index (κ2) is 18.6.